The first kappa shape index (κ1) is 30.2. The molecule has 13 nitrogen and oxygen atoms in total. The summed E-state index contributed by atoms with van der Waals surface area (Å²) in [4.78, 5) is 60.2. The molecule has 0 spiro atoms. The first-order chi connectivity index (χ1) is 15.5. The predicted octanol–water partition coefficient (Wildman–Crippen LogP) is -2.71. The van der Waals surface area contributed by atoms with Crippen LogP contribution in [0.5, 0.6) is 0 Å². The molecular formula is C20H38N6O7. The summed E-state index contributed by atoms with van der Waals surface area (Å²) in [5.41, 5.74) is 16.3. The van der Waals surface area contributed by atoms with Gasteiger partial charge in [-0.15, -0.1) is 0 Å². The molecule has 13 heteroatoms. The van der Waals surface area contributed by atoms with Crippen LogP contribution in [0.15, 0.2) is 0 Å². The number of unbranched alkanes of at least 4 members (excludes halogenated alkanes) is 1. The molecule has 0 rings (SSSR count). The average Bonchev–Trinajstić information content (AvgIpc) is 2.76. The Balaban J connectivity index is 5.29. The molecule has 33 heavy (non-hydrogen) atoms. The summed E-state index contributed by atoms with van der Waals surface area (Å²) in [5.74, 6) is -4.78. The van der Waals surface area contributed by atoms with Gasteiger partial charge in [-0.3, -0.25) is 19.2 Å². The van der Waals surface area contributed by atoms with E-state index in [4.69, 9.17) is 17.2 Å². The van der Waals surface area contributed by atoms with Crippen molar-refractivity contribution in [1.29, 1.82) is 0 Å². The van der Waals surface area contributed by atoms with Crippen LogP contribution in [0.4, 0.5) is 0 Å². The van der Waals surface area contributed by atoms with Gasteiger partial charge in [-0.05, 0) is 31.7 Å². The molecule has 0 aromatic rings. The molecule has 0 radical (unpaired) electrons. The quantitative estimate of drug-likeness (QED) is 0.102. The highest BCUT2D eigenvalue weighted by Crippen LogP contribution is 2.09. The number of nitrogens with two attached hydrogens (primary N) is 3. The van der Waals surface area contributed by atoms with Gasteiger partial charge in [-0.25, -0.2) is 4.79 Å². The maximum Gasteiger partial charge on any atom is 0.326 e. The smallest absolute Gasteiger partial charge is 0.326 e. The number of carbonyl (C=O) groups excluding carboxylic acids is 4. The van der Waals surface area contributed by atoms with E-state index in [0.717, 1.165) is 0 Å². The molecule has 0 aliphatic carbocycles. The Hall–Kier alpha value is -2.77. The van der Waals surface area contributed by atoms with Gasteiger partial charge in [-0.1, -0.05) is 26.7 Å². The van der Waals surface area contributed by atoms with Crippen LogP contribution >= 0.6 is 0 Å². The highest BCUT2D eigenvalue weighted by atomic mass is 16.4. The third-order valence-electron chi connectivity index (χ3n) is 5.21. The molecule has 0 aliphatic rings. The standard InChI is InChI=1S/C20H38N6O7/c1-3-11(2)16(20(32)33)26-18(30)13(7-8-15(23)28)24-19(31)14(10-27)25-17(29)12(22)6-4-5-9-21/h11-14,16,27H,3-10,21-22H2,1-2H3,(H2,23,28)(H,24,31)(H,25,29)(H,26,30)(H,32,33). The van der Waals surface area contributed by atoms with E-state index in [0.29, 0.717) is 32.2 Å². The normalized spacial score (nSPS) is 15.4. The van der Waals surface area contributed by atoms with Crippen molar-refractivity contribution in [3.8, 4) is 0 Å². The van der Waals surface area contributed by atoms with Crippen LogP contribution in [0.25, 0.3) is 0 Å². The minimum atomic E-state index is -1.41. The minimum Gasteiger partial charge on any atom is -0.480 e. The van der Waals surface area contributed by atoms with Crippen molar-refractivity contribution < 1.29 is 34.2 Å². The predicted molar refractivity (Wildman–Crippen MR) is 119 cm³/mol. The zero-order chi connectivity index (χ0) is 25.6. The lowest BCUT2D eigenvalue weighted by Gasteiger charge is -2.26. The molecule has 0 bridgehead atoms. The van der Waals surface area contributed by atoms with Crippen molar-refractivity contribution in [1.82, 2.24) is 16.0 Å². The van der Waals surface area contributed by atoms with Crippen molar-refractivity contribution >= 4 is 29.6 Å². The molecule has 0 saturated carbocycles. The van der Waals surface area contributed by atoms with E-state index in [1.54, 1.807) is 13.8 Å². The van der Waals surface area contributed by atoms with Crippen LogP contribution < -0.4 is 33.2 Å². The highest BCUT2D eigenvalue weighted by Gasteiger charge is 2.31. The maximum absolute atomic E-state index is 12.7. The van der Waals surface area contributed by atoms with Gasteiger partial charge in [0.25, 0.3) is 0 Å². The second kappa shape index (κ2) is 15.9. The third-order valence-corrected chi connectivity index (χ3v) is 5.21. The zero-order valence-corrected chi connectivity index (χ0v) is 19.2. The number of rotatable bonds is 17. The fourth-order valence-electron chi connectivity index (χ4n) is 2.88. The fourth-order valence-corrected chi connectivity index (χ4v) is 2.88. The summed E-state index contributed by atoms with van der Waals surface area (Å²) in [6, 6.07) is -4.86. The second-order valence-electron chi connectivity index (χ2n) is 7.91. The lowest BCUT2D eigenvalue weighted by molar-refractivity contribution is -0.144. The zero-order valence-electron chi connectivity index (χ0n) is 19.2. The lowest BCUT2D eigenvalue weighted by atomic mass is 9.98. The van der Waals surface area contributed by atoms with E-state index in [-0.39, 0.29) is 12.8 Å². The van der Waals surface area contributed by atoms with Gasteiger partial charge in [0.15, 0.2) is 0 Å². The third kappa shape index (κ3) is 11.6. The van der Waals surface area contributed by atoms with Gasteiger partial charge in [0, 0.05) is 6.42 Å². The van der Waals surface area contributed by atoms with Crippen molar-refractivity contribution in [2.45, 2.75) is 76.5 Å². The summed E-state index contributed by atoms with van der Waals surface area (Å²) in [7, 11) is 0. The van der Waals surface area contributed by atoms with E-state index in [2.05, 4.69) is 16.0 Å². The van der Waals surface area contributed by atoms with Crippen molar-refractivity contribution in [2.75, 3.05) is 13.2 Å². The molecule has 0 heterocycles. The molecule has 5 unspecified atom stereocenters. The molecule has 0 saturated heterocycles. The van der Waals surface area contributed by atoms with Crippen molar-refractivity contribution in [2.24, 2.45) is 23.1 Å². The van der Waals surface area contributed by atoms with Crippen LogP contribution in [0.2, 0.25) is 0 Å². The van der Waals surface area contributed by atoms with Gasteiger partial charge in [-0.2, -0.15) is 0 Å². The number of primary amides is 1. The van der Waals surface area contributed by atoms with E-state index in [9.17, 15) is 34.2 Å². The Bertz CT molecular complexity index is 675. The molecule has 11 N–H and O–H groups in total. The van der Waals surface area contributed by atoms with E-state index < -0.39 is 66.3 Å². The summed E-state index contributed by atoms with van der Waals surface area (Å²) in [6.45, 7) is 3.07. The number of carboxylic acids is 1. The molecule has 5 atom stereocenters. The fraction of sp³-hybridized carbons (Fsp3) is 0.750. The number of nitrogens with one attached hydrogen (secondary N) is 3. The van der Waals surface area contributed by atoms with Gasteiger partial charge in [0.1, 0.15) is 18.1 Å². The average molecular weight is 475 g/mol. The van der Waals surface area contributed by atoms with E-state index >= 15 is 0 Å². The monoisotopic (exact) mass is 474 g/mol. The van der Waals surface area contributed by atoms with Crippen LogP contribution in [-0.4, -0.2) is 77.1 Å². The van der Waals surface area contributed by atoms with Crippen LogP contribution in [-0.2, 0) is 24.0 Å². The van der Waals surface area contributed by atoms with Gasteiger partial charge < -0.3 is 43.4 Å². The summed E-state index contributed by atoms with van der Waals surface area (Å²) in [6.07, 6.45) is 1.62. The lowest BCUT2D eigenvalue weighted by Crippen LogP contribution is -2.58. The molecule has 0 aliphatic heterocycles. The van der Waals surface area contributed by atoms with E-state index in [1.807, 2.05) is 0 Å². The number of carboxylic acid groups (broad SMARTS) is 1. The summed E-state index contributed by atoms with van der Waals surface area (Å²) >= 11 is 0. The van der Waals surface area contributed by atoms with Crippen molar-refractivity contribution in [3.05, 3.63) is 0 Å². The van der Waals surface area contributed by atoms with Gasteiger partial charge in [0.05, 0.1) is 12.6 Å². The Morgan fingerprint density at radius 3 is 1.97 bits per heavy atom. The summed E-state index contributed by atoms with van der Waals surface area (Å²) in [5, 5.41) is 25.9. The molecule has 0 fully saturated rings. The van der Waals surface area contributed by atoms with Crippen LogP contribution in [0.1, 0.15) is 52.4 Å². The van der Waals surface area contributed by atoms with Gasteiger partial charge >= 0.3 is 5.97 Å². The van der Waals surface area contributed by atoms with Crippen LogP contribution in [0, 0.1) is 5.92 Å². The molecule has 190 valence electrons. The highest BCUT2D eigenvalue weighted by molar-refractivity contribution is 5.94. The topological polar surface area (TPSA) is 240 Å². The molecular weight excluding hydrogens is 436 g/mol. The number of carbonyl (C=O) groups is 5. The van der Waals surface area contributed by atoms with E-state index in [1.165, 1.54) is 0 Å². The number of aliphatic hydroxyl groups is 1. The second-order valence-corrected chi connectivity index (χ2v) is 7.91. The minimum absolute atomic E-state index is 0.204. The number of aliphatic hydroxyl groups excluding tert-OH is 1. The van der Waals surface area contributed by atoms with Gasteiger partial charge in [0.2, 0.25) is 23.6 Å². The summed E-state index contributed by atoms with van der Waals surface area (Å²) < 4.78 is 0. The molecule has 4 amide bonds. The Labute approximate surface area is 193 Å². The van der Waals surface area contributed by atoms with Crippen LogP contribution in [0.3, 0.4) is 0 Å². The number of hydrogen-bond donors (Lipinski definition) is 8. The Morgan fingerprint density at radius 1 is 0.909 bits per heavy atom. The number of amides is 4. The first-order valence-electron chi connectivity index (χ1n) is 11.0. The Kier molecular flexibility index (Phi) is 14.6. The number of hydrogen-bond acceptors (Lipinski definition) is 8. The first-order valence-corrected chi connectivity index (χ1v) is 11.0. The number of aliphatic carboxylic acids is 1. The van der Waals surface area contributed by atoms with Crippen molar-refractivity contribution in [3.63, 3.8) is 0 Å². The Morgan fingerprint density at radius 2 is 1.48 bits per heavy atom. The maximum atomic E-state index is 12.7. The SMILES string of the molecule is CCC(C)C(NC(=O)C(CCC(N)=O)NC(=O)C(CO)NC(=O)C(N)CCCCN)C(=O)O. The largest absolute Gasteiger partial charge is 0.480 e. The molecule has 0 aromatic heterocycles. The molecule has 0 aromatic carbocycles.